The van der Waals surface area contributed by atoms with Crippen molar-refractivity contribution in [3.05, 3.63) is 27.9 Å². The Balaban J connectivity index is 2.37. The highest BCUT2D eigenvalue weighted by Crippen LogP contribution is 2.36. The number of hydrogen-bond acceptors (Lipinski definition) is 3. The zero-order valence-corrected chi connectivity index (χ0v) is 12.3. The molecular weight excluding hydrogens is 296 g/mol. The van der Waals surface area contributed by atoms with E-state index in [-0.39, 0.29) is 5.56 Å². The Labute approximate surface area is 115 Å². The lowest BCUT2D eigenvalue weighted by molar-refractivity contribution is -0.0353. The van der Waals surface area contributed by atoms with Crippen LogP contribution in [0.3, 0.4) is 0 Å². The zero-order chi connectivity index (χ0) is 13.0. The van der Waals surface area contributed by atoms with E-state index >= 15 is 0 Å². The van der Waals surface area contributed by atoms with Crippen LogP contribution in [-0.4, -0.2) is 17.1 Å². The molecule has 1 fully saturated rings. The third kappa shape index (κ3) is 2.67. The molecule has 5 heteroatoms. The van der Waals surface area contributed by atoms with Gasteiger partial charge in [-0.1, -0.05) is 41.6 Å². The molecule has 1 heterocycles. The minimum Gasteiger partial charge on any atom is -0.370 e. The quantitative estimate of drug-likeness (QED) is 0.689. The predicted octanol–water partition coefficient (Wildman–Crippen LogP) is 2.86. The Morgan fingerprint density at radius 1 is 1.39 bits per heavy atom. The summed E-state index contributed by atoms with van der Waals surface area (Å²) >= 11 is 3.28. The number of nitrogens with one attached hydrogen (secondary N) is 1. The lowest BCUT2D eigenvalue weighted by atomic mass is 9.93. The maximum Gasteiger partial charge on any atom is 0.254 e. The SMILES string of the molecule is COC1(c2ncc(CBr)c(=O)[nH]2)CCCCCC1. The Bertz CT molecular complexity index is 451. The first-order chi connectivity index (χ1) is 8.72. The molecule has 0 amide bonds. The molecule has 1 aliphatic rings. The molecule has 2 rings (SSSR count). The van der Waals surface area contributed by atoms with Gasteiger partial charge in [0.05, 0.1) is 0 Å². The van der Waals surface area contributed by atoms with E-state index < -0.39 is 5.60 Å². The highest BCUT2D eigenvalue weighted by atomic mass is 79.9. The van der Waals surface area contributed by atoms with Crippen molar-refractivity contribution in [1.82, 2.24) is 9.97 Å². The van der Waals surface area contributed by atoms with E-state index in [1.54, 1.807) is 13.3 Å². The number of hydrogen-bond donors (Lipinski definition) is 1. The van der Waals surface area contributed by atoms with E-state index in [9.17, 15) is 4.79 Å². The summed E-state index contributed by atoms with van der Waals surface area (Å²) in [6.07, 6.45) is 8.22. The van der Waals surface area contributed by atoms with Crippen LogP contribution in [0.4, 0.5) is 0 Å². The van der Waals surface area contributed by atoms with Crippen LogP contribution in [0.25, 0.3) is 0 Å². The first kappa shape index (κ1) is 13.7. The molecule has 100 valence electrons. The summed E-state index contributed by atoms with van der Waals surface area (Å²) in [4.78, 5) is 19.2. The largest absolute Gasteiger partial charge is 0.370 e. The number of H-pyrrole nitrogens is 1. The maximum atomic E-state index is 11.9. The van der Waals surface area contributed by atoms with E-state index in [1.807, 2.05) is 0 Å². The molecule has 0 unspecified atom stereocenters. The van der Waals surface area contributed by atoms with Crippen molar-refractivity contribution in [2.75, 3.05) is 7.11 Å². The molecule has 0 bridgehead atoms. The Hall–Kier alpha value is -0.680. The number of aromatic amines is 1. The fourth-order valence-corrected chi connectivity index (χ4v) is 2.98. The topological polar surface area (TPSA) is 55.0 Å². The zero-order valence-electron chi connectivity index (χ0n) is 10.7. The van der Waals surface area contributed by atoms with Gasteiger partial charge in [0, 0.05) is 24.2 Å². The molecule has 1 aliphatic carbocycles. The second kappa shape index (κ2) is 5.97. The second-order valence-electron chi connectivity index (χ2n) is 4.83. The van der Waals surface area contributed by atoms with Crippen molar-refractivity contribution in [3.63, 3.8) is 0 Å². The fourth-order valence-electron chi connectivity index (χ4n) is 2.59. The number of halogens is 1. The third-order valence-corrected chi connectivity index (χ3v) is 4.35. The van der Waals surface area contributed by atoms with Gasteiger partial charge < -0.3 is 9.72 Å². The van der Waals surface area contributed by atoms with Crippen molar-refractivity contribution in [2.24, 2.45) is 0 Å². The Morgan fingerprint density at radius 2 is 2.06 bits per heavy atom. The van der Waals surface area contributed by atoms with Crippen LogP contribution in [0.15, 0.2) is 11.0 Å². The molecule has 1 aromatic heterocycles. The molecule has 1 saturated carbocycles. The van der Waals surface area contributed by atoms with E-state index in [4.69, 9.17) is 4.74 Å². The number of ether oxygens (including phenoxy) is 1. The molecule has 0 spiro atoms. The van der Waals surface area contributed by atoms with Crippen molar-refractivity contribution in [2.45, 2.75) is 49.5 Å². The van der Waals surface area contributed by atoms with Gasteiger partial charge in [-0.3, -0.25) is 4.79 Å². The number of alkyl halides is 1. The molecule has 0 saturated heterocycles. The van der Waals surface area contributed by atoms with Crippen LogP contribution in [0, 0.1) is 0 Å². The summed E-state index contributed by atoms with van der Waals surface area (Å²) in [5.74, 6) is 0.682. The van der Waals surface area contributed by atoms with E-state index in [2.05, 4.69) is 25.9 Å². The van der Waals surface area contributed by atoms with Crippen molar-refractivity contribution in [3.8, 4) is 0 Å². The highest BCUT2D eigenvalue weighted by molar-refractivity contribution is 9.08. The average molecular weight is 315 g/mol. The number of rotatable bonds is 3. The summed E-state index contributed by atoms with van der Waals surface area (Å²) in [6, 6.07) is 0. The molecule has 0 atom stereocenters. The van der Waals surface area contributed by atoms with Crippen LogP contribution in [0.5, 0.6) is 0 Å². The van der Waals surface area contributed by atoms with Gasteiger partial charge >= 0.3 is 0 Å². The molecular formula is C13H19BrN2O2. The first-order valence-corrected chi connectivity index (χ1v) is 7.54. The van der Waals surface area contributed by atoms with Gasteiger partial charge in [-0.15, -0.1) is 0 Å². The van der Waals surface area contributed by atoms with Crippen molar-refractivity contribution < 1.29 is 4.74 Å². The summed E-state index contributed by atoms with van der Waals surface area (Å²) in [5, 5.41) is 0.523. The van der Waals surface area contributed by atoms with Gasteiger partial charge in [0.15, 0.2) is 0 Å². The van der Waals surface area contributed by atoms with Crippen LogP contribution < -0.4 is 5.56 Å². The van der Waals surface area contributed by atoms with Crippen LogP contribution in [0.1, 0.15) is 49.9 Å². The van der Waals surface area contributed by atoms with E-state index in [0.717, 1.165) is 25.7 Å². The average Bonchev–Trinajstić information content (AvgIpc) is 2.65. The van der Waals surface area contributed by atoms with Crippen molar-refractivity contribution in [1.29, 1.82) is 0 Å². The first-order valence-electron chi connectivity index (χ1n) is 6.41. The van der Waals surface area contributed by atoms with E-state index in [1.165, 1.54) is 12.8 Å². The van der Waals surface area contributed by atoms with Gasteiger partial charge in [-0.25, -0.2) is 4.98 Å². The maximum absolute atomic E-state index is 11.9. The number of aromatic nitrogens is 2. The molecule has 0 aromatic carbocycles. The lowest BCUT2D eigenvalue weighted by Crippen LogP contribution is -2.33. The smallest absolute Gasteiger partial charge is 0.254 e. The van der Waals surface area contributed by atoms with Gasteiger partial charge in [-0.2, -0.15) is 0 Å². The third-order valence-electron chi connectivity index (χ3n) is 3.75. The highest BCUT2D eigenvalue weighted by Gasteiger charge is 2.35. The van der Waals surface area contributed by atoms with Crippen LogP contribution in [0.2, 0.25) is 0 Å². The molecule has 0 aliphatic heterocycles. The number of nitrogens with zero attached hydrogens (tertiary/aromatic N) is 1. The lowest BCUT2D eigenvalue weighted by Gasteiger charge is -2.30. The normalized spacial score (nSPS) is 19.4. The van der Waals surface area contributed by atoms with Gasteiger partial charge in [0.25, 0.3) is 5.56 Å². The molecule has 4 nitrogen and oxygen atoms in total. The Kier molecular flexibility index (Phi) is 4.56. The molecule has 1 aromatic rings. The minimum atomic E-state index is -0.402. The molecule has 0 radical (unpaired) electrons. The summed E-state index contributed by atoms with van der Waals surface area (Å²) in [7, 11) is 1.71. The standard InChI is InChI=1S/C13H19BrN2O2/c1-18-13(6-4-2-3-5-7-13)12-15-9-10(8-14)11(17)16-12/h9H,2-8H2,1H3,(H,15,16,17). The van der Waals surface area contributed by atoms with Gasteiger partial charge in [0.2, 0.25) is 0 Å². The summed E-state index contributed by atoms with van der Waals surface area (Å²) < 4.78 is 5.73. The Morgan fingerprint density at radius 3 is 2.56 bits per heavy atom. The van der Waals surface area contributed by atoms with Gasteiger partial charge in [0.1, 0.15) is 11.4 Å². The second-order valence-corrected chi connectivity index (χ2v) is 5.39. The summed E-state index contributed by atoms with van der Waals surface area (Å²) in [6.45, 7) is 0. The van der Waals surface area contributed by atoms with E-state index in [0.29, 0.717) is 16.7 Å². The van der Waals surface area contributed by atoms with Crippen LogP contribution in [-0.2, 0) is 15.7 Å². The minimum absolute atomic E-state index is 0.0717. The predicted molar refractivity (Wildman–Crippen MR) is 73.9 cm³/mol. The molecule has 1 N–H and O–H groups in total. The van der Waals surface area contributed by atoms with Crippen LogP contribution >= 0.6 is 15.9 Å². The molecule has 18 heavy (non-hydrogen) atoms. The fraction of sp³-hybridized carbons (Fsp3) is 0.692. The van der Waals surface area contributed by atoms with Crippen molar-refractivity contribution >= 4 is 15.9 Å². The van der Waals surface area contributed by atoms with Gasteiger partial charge in [-0.05, 0) is 12.8 Å². The monoisotopic (exact) mass is 314 g/mol. The number of methoxy groups -OCH3 is 1. The summed E-state index contributed by atoms with van der Waals surface area (Å²) in [5.41, 5.74) is 0.178.